The van der Waals surface area contributed by atoms with Crippen molar-refractivity contribution in [3.8, 4) is 5.75 Å². The minimum absolute atomic E-state index is 0.277. The first-order valence-electron chi connectivity index (χ1n) is 6.84. The summed E-state index contributed by atoms with van der Waals surface area (Å²) < 4.78 is 0. The van der Waals surface area contributed by atoms with Gasteiger partial charge in [-0.2, -0.15) is 0 Å². The Morgan fingerprint density at radius 3 is 2.20 bits per heavy atom. The largest absolute Gasteiger partial charge is 0.508 e. The van der Waals surface area contributed by atoms with Crippen LogP contribution in [0.5, 0.6) is 5.75 Å². The smallest absolute Gasteiger partial charge is 0.115 e. The zero-order valence-electron chi connectivity index (χ0n) is 11.8. The molecule has 0 saturated carbocycles. The van der Waals surface area contributed by atoms with Crippen molar-refractivity contribution in [3.63, 3.8) is 0 Å². The van der Waals surface area contributed by atoms with E-state index < -0.39 is 0 Å². The monoisotopic (exact) mass is 289 g/mol. The van der Waals surface area contributed by atoms with Crippen molar-refractivity contribution in [2.24, 2.45) is 0 Å². The van der Waals surface area contributed by atoms with Crippen LogP contribution < -0.4 is 5.32 Å². The van der Waals surface area contributed by atoms with Crippen LogP contribution in [-0.4, -0.2) is 11.1 Å². The number of aromatic hydroxyl groups is 1. The van der Waals surface area contributed by atoms with Crippen molar-refractivity contribution in [1.29, 1.82) is 0 Å². The lowest BCUT2D eigenvalue weighted by Gasteiger charge is -2.20. The van der Waals surface area contributed by atoms with Gasteiger partial charge in [0.25, 0.3) is 0 Å². The molecule has 106 valence electrons. The molecular weight excluding hydrogens is 270 g/mol. The molecule has 0 amide bonds. The van der Waals surface area contributed by atoms with Crippen LogP contribution in [0.4, 0.5) is 0 Å². The maximum absolute atomic E-state index is 9.28. The summed E-state index contributed by atoms with van der Waals surface area (Å²) in [6, 6.07) is 15.9. The minimum atomic E-state index is 0.277. The van der Waals surface area contributed by atoms with Gasteiger partial charge in [0.05, 0.1) is 0 Å². The molecule has 0 radical (unpaired) electrons. The highest BCUT2D eigenvalue weighted by Crippen LogP contribution is 2.17. The van der Waals surface area contributed by atoms with Crippen LogP contribution in [0.2, 0.25) is 5.02 Å². The molecule has 0 aromatic heterocycles. The molecule has 0 saturated heterocycles. The second-order valence-corrected chi connectivity index (χ2v) is 5.65. The first kappa shape index (κ1) is 14.9. The summed E-state index contributed by atoms with van der Waals surface area (Å²) in [6.07, 6.45) is 0.929. The van der Waals surface area contributed by atoms with Gasteiger partial charge in [0.1, 0.15) is 5.75 Å². The fourth-order valence-electron chi connectivity index (χ4n) is 2.32. The molecule has 2 N–H and O–H groups in total. The Balaban J connectivity index is 1.92. The van der Waals surface area contributed by atoms with E-state index in [4.69, 9.17) is 11.6 Å². The number of benzene rings is 2. The summed E-state index contributed by atoms with van der Waals surface area (Å²) in [5.41, 5.74) is 2.44. The predicted molar refractivity (Wildman–Crippen MR) is 84.3 cm³/mol. The van der Waals surface area contributed by atoms with Gasteiger partial charge in [-0.1, -0.05) is 35.9 Å². The highest BCUT2D eigenvalue weighted by Gasteiger charge is 2.10. The van der Waals surface area contributed by atoms with E-state index in [0.717, 1.165) is 11.4 Å². The van der Waals surface area contributed by atoms with E-state index in [9.17, 15) is 5.11 Å². The zero-order chi connectivity index (χ0) is 14.5. The summed E-state index contributed by atoms with van der Waals surface area (Å²) in [6.45, 7) is 4.32. The third-order valence-electron chi connectivity index (χ3n) is 3.38. The molecule has 3 heteroatoms. The van der Waals surface area contributed by atoms with Crippen molar-refractivity contribution in [1.82, 2.24) is 5.32 Å². The second kappa shape index (κ2) is 6.78. The molecule has 0 aliphatic carbocycles. The molecule has 2 atom stereocenters. The number of rotatable bonds is 5. The molecule has 0 aliphatic heterocycles. The SMILES string of the molecule is CC(Cc1ccc(O)cc1)NC(C)c1ccc(Cl)cc1. The van der Waals surface area contributed by atoms with Crippen LogP contribution in [0, 0.1) is 0 Å². The van der Waals surface area contributed by atoms with Crippen LogP contribution in [0.1, 0.15) is 31.0 Å². The Labute approximate surface area is 125 Å². The highest BCUT2D eigenvalue weighted by atomic mass is 35.5. The summed E-state index contributed by atoms with van der Waals surface area (Å²) in [5, 5.41) is 13.6. The Bertz CT molecular complexity index is 536. The number of halogens is 1. The van der Waals surface area contributed by atoms with Crippen molar-refractivity contribution in [3.05, 3.63) is 64.7 Å². The van der Waals surface area contributed by atoms with Gasteiger partial charge in [-0.05, 0) is 55.7 Å². The molecular formula is C17H20ClNO. The summed E-state index contributed by atoms with van der Waals surface area (Å²) in [4.78, 5) is 0. The van der Waals surface area contributed by atoms with Gasteiger partial charge in [0.2, 0.25) is 0 Å². The van der Waals surface area contributed by atoms with E-state index >= 15 is 0 Å². The number of nitrogens with one attached hydrogen (secondary N) is 1. The van der Waals surface area contributed by atoms with Gasteiger partial charge in [-0.3, -0.25) is 0 Å². The van der Waals surface area contributed by atoms with Crippen LogP contribution in [0.25, 0.3) is 0 Å². The molecule has 0 spiro atoms. The quantitative estimate of drug-likeness (QED) is 0.859. The first-order chi connectivity index (χ1) is 9.54. The number of hydrogen-bond donors (Lipinski definition) is 2. The Morgan fingerprint density at radius 1 is 1.00 bits per heavy atom. The zero-order valence-corrected chi connectivity index (χ0v) is 12.6. The molecule has 0 bridgehead atoms. The third kappa shape index (κ3) is 4.26. The Hall–Kier alpha value is -1.51. The third-order valence-corrected chi connectivity index (χ3v) is 3.63. The van der Waals surface area contributed by atoms with Gasteiger partial charge in [-0.25, -0.2) is 0 Å². The molecule has 2 aromatic rings. The molecule has 2 nitrogen and oxygen atoms in total. The van der Waals surface area contributed by atoms with Crippen LogP contribution in [-0.2, 0) is 6.42 Å². The normalized spacial score (nSPS) is 13.9. The van der Waals surface area contributed by atoms with E-state index in [2.05, 4.69) is 19.2 Å². The lowest BCUT2D eigenvalue weighted by molar-refractivity contribution is 0.470. The van der Waals surface area contributed by atoms with E-state index in [-0.39, 0.29) is 6.04 Å². The van der Waals surface area contributed by atoms with E-state index in [1.54, 1.807) is 12.1 Å². The van der Waals surface area contributed by atoms with E-state index in [1.807, 2.05) is 36.4 Å². The van der Waals surface area contributed by atoms with Crippen LogP contribution in [0.15, 0.2) is 48.5 Å². The lowest BCUT2D eigenvalue weighted by Crippen LogP contribution is -2.30. The van der Waals surface area contributed by atoms with Gasteiger partial charge in [0, 0.05) is 17.1 Å². The van der Waals surface area contributed by atoms with Crippen molar-refractivity contribution < 1.29 is 5.11 Å². The van der Waals surface area contributed by atoms with Gasteiger partial charge in [-0.15, -0.1) is 0 Å². The molecule has 0 aliphatic rings. The van der Waals surface area contributed by atoms with Crippen LogP contribution >= 0.6 is 11.6 Å². The Morgan fingerprint density at radius 2 is 1.60 bits per heavy atom. The summed E-state index contributed by atoms with van der Waals surface area (Å²) in [7, 11) is 0. The van der Waals surface area contributed by atoms with Crippen molar-refractivity contribution in [2.45, 2.75) is 32.4 Å². The topological polar surface area (TPSA) is 32.3 Å². The standard InChI is InChI=1S/C17H20ClNO/c1-12(11-14-3-9-17(20)10-4-14)19-13(2)15-5-7-16(18)8-6-15/h3-10,12-13,19-20H,11H2,1-2H3. The number of phenolic OH excluding ortho intramolecular Hbond substituents is 1. The van der Waals surface area contributed by atoms with Gasteiger partial charge in [0.15, 0.2) is 0 Å². The molecule has 0 fully saturated rings. The second-order valence-electron chi connectivity index (χ2n) is 5.21. The fraction of sp³-hybridized carbons (Fsp3) is 0.294. The fourth-order valence-corrected chi connectivity index (χ4v) is 2.44. The van der Waals surface area contributed by atoms with Crippen molar-refractivity contribution >= 4 is 11.6 Å². The van der Waals surface area contributed by atoms with E-state index in [0.29, 0.717) is 11.8 Å². The molecule has 0 heterocycles. The minimum Gasteiger partial charge on any atom is -0.508 e. The molecule has 2 rings (SSSR count). The molecule has 2 unspecified atom stereocenters. The Kier molecular flexibility index (Phi) is 5.05. The number of phenols is 1. The summed E-state index contributed by atoms with van der Waals surface area (Å²) >= 11 is 5.90. The maximum Gasteiger partial charge on any atom is 0.115 e. The molecule has 2 aromatic carbocycles. The first-order valence-corrected chi connectivity index (χ1v) is 7.22. The highest BCUT2D eigenvalue weighted by molar-refractivity contribution is 6.30. The van der Waals surface area contributed by atoms with Gasteiger partial charge < -0.3 is 10.4 Å². The average Bonchev–Trinajstić information content (AvgIpc) is 2.42. The van der Waals surface area contributed by atoms with E-state index in [1.165, 1.54) is 11.1 Å². The van der Waals surface area contributed by atoms with Gasteiger partial charge >= 0.3 is 0 Å². The number of hydrogen-bond acceptors (Lipinski definition) is 2. The molecule has 20 heavy (non-hydrogen) atoms. The maximum atomic E-state index is 9.28. The lowest BCUT2D eigenvalue weighted by atomic mass is 10.0. The average molecular weight is 290 g/mol. The van der Waals surface area contributed by atoms with Crippen LogP contribution in [0.3, 0.4) is 0 Å². The predicted octanol–water partition coefficient (Wildman–Crippen LogP) is 4.33. The summed E-state index contributed by atoms with van der Waals surface area (Å²) in [5.74, 6) is 0.309. The van der Waals surface area contributed by atoms with Crippen molar-refractivity contribution in [2.75, 3.05) is 0 Å².